The van der Waals surface area contributed by atoms with Gasteiger partial charge in [-0.2, -0.15) is 0 Å². The minimum atomic E-state index is -1.08. The fourth-order valence-electron chi connectivity index (χ4n) is 4.72. The zero-order valence-corrected chi connectivity index (χ0v) is 19.0. The van der Waals surface area contributed by atoms with E-state index in [9.17, 15) is 10.2 Å². The Balaban J connectivity index is 1.29. The second kappa shape index (κ2) is 9.90. The van der Waals surface area contributed by atoms with Gasteiger partial charge in [0.1, 0.15) is 24.6 Å². The van der Waals surface area contributed by atoms with E-state index in [0.717, 1.165) is 18.4 Å². The number of anilines is 1. The van der Waals surface area contributed by atoms with Crippen LogP contribution in [0, 0.1) is 0 Å². The SMILES string of the molecule is O[C@@H]1[C@H](O)[C@@H](CNC2CCCCC2)O[C@H]1n1cnc2c(NCc3cccc(Cl)c3)ncnc21. The van der Waals surface area contributed by atoms with Gasteiger partial charge in [0.2, 0.25) is 0 Å². The molecule has 2 fully saturated rings. The third kappa shape index (κ3) is 4.83. The summed E-state index contributed by atoms with van der Waals surface area (Å²) in [6.45, 7) is 1.02. The van der Waals surface area contributed by atoms with Crippen LogP contribution in [-0.4, -0.2) is 60.6 Å². The Labute approximate surface area is 197 Å². The van der Waals surface area contributed by atoms with Gasteiger partial charge in [0, 0.05) is 24.2 Å². The molecule has 1 saturated heterocycles. The Morgan fingerprint density at radius 3 is 2.76 bits per heavy atom. The molecular formula is C23H29ClN6O3. The van der Waals surface area contributed by atoms with Gasteiger partial charge in [-0.3, -0.25) is 4.57 Å². The second-order valence-electron chi connectivity index (χ2n) is 8.82. The highest BCUT2D eigenvalue weighted by molar-refractivity contribution is 6.30. The highest BCUT2D eigenvalue weighted by Crippen LogP contribution is 2.32. The number of hydrogen-bond acceptors (Lipinski definition) is 8. The molecule has 1 saturated carbocycles. The molecule has 33 heavy (non-hydrogen) atoms. The van der Waals surface area contributed by atoms with Gasteiger partial charge in [0.15, 0.2) is 23.2 Å². The third-order valence-corrected chi connectivity index (χ3v) is 6.77. The maximum atomic E-state index is 10.7. The number of aromatic nitrogens is 4. The molecule has 9 nitrogen and oxygen atoms in total. The Morgan fingerprint density at radius 2 is 1.94 bits per heavy atom. The summed E-state index contributed by atoms with van der Waals surface area (Å²) in [6.07, 6.45) is 5.67. The Morgan fingerprint density at radius 1 is 1.09 bits per heavy atom. The molecule has 1 aliphatic heterocycles. The number of benzene rings is 1. The highest BCUT2D eigenvalue weighted by Gasteiger charge is 2.44. The predicted molar refractivity (Wildman–Crippen MR) is 125 cm³/mol. The van der Waals surface area contributed by atoms with E-state index in [-0.39, 0.29) is 0 Å². The number of rotatable bonds is 7. The van der Waals surface area contributed by atoms with Gasteiger partial charge in [-0.15, -0.1) is 0 Å². The van der Waals surface area contributed by atoms with Crippen molar-refractivity contribution in [3.63, 3.8) is 0 Å². The van der Waals surface area contributed by atoms with Gasteiger partial charge in [-0.25, -0.2) is 15.0 Å². The van der Waals surface area contributed by atoms with Crippen LogP contribution >= 0.6 is 11.6 Å². The molecule has 1 aromatic carbocycles. The summed E-state index contributed by atoms with van der Waals surface area (Å²) in [5.74, 6) is 0.572. The van der Waals surface area contributed by atoms with E-state index in [1.165, 1.54) is 25.6 Å². The Bertz CT molecular complexity index is 1090. The lowest BCUT2D eigenvalue weighted by Crippen LogP contribution is -2.42. The summed E-state index contributed by atoms with van der Waals surface area (Å²) >= 11 is 6.07. The average Bonchev–Trinajstić information content (AvgIpc) is 3.38. The van der Waals surface area contributed by atoms with E-state index in [0.29, 0.717) is 41.1 Å². The number of nitrogens with zero attached hydrogens (tertiary/aromatic N) is 4. The summed E-state index contributed by atoms with van der Waals surface area (Å²) in [5.41, 5.74) is 2.10. The minimum absolute atomic E-state index is 0.445. The van der Waals surface area contributed by atoms with Crippen molar-refractivity contribution in [3.8, 4) is 0 Å². The lowest BCUT2D eigenvalue weighted by molar-refractivity contribution is -0.0349. The number of nitrogens with one attached hydrogen (secondary N) is 2. The molecule has 3 heterocycles. The van der Waals surface area contributed by atoms with Crippen LogP contribution < -0.4 is 10.6 Å². The molecular weight excluding hydrogens is 444 g/mol. The van der Waals surface area contributed by atoms with Crippen LogP contribution in [0.1, 0.15) is 43.9 Å². The van der Waals surface area contributed by atoms with E-state index < -0.39 is 24.5 Å². The van der Waals surface area contributed by atoms with Crippen molar-refractivity contribution in [2.24, 2.45) is 0 Å². The van der Waals surface area contributed by atoms with Crippen LogP contribution in [0.5, 0.6) is 0 Å². The van der Waals surface area contributed by atoms with Gasteiger partial charge < -0.3 is 25.6 Å². The van der Waals surface area contributed by atoms with Crippen LogP contribution in [0.25, 0.3) is 11.2 Å². The van der Waals surface area contributed by atoms with E-state index in [2.05, 4.69) is 25.6 Å². The van der Waals surface area contributed by atoms with Gasteiger partial charge in [-0.1, -0.05) is 43.0 Å². The van der Waals surface area contributed by atoms with Crippen molar-refractivity contribution in [2.75, 3.05) is 11.9 Å². The van der Waals surface area contributed by atoms with Gasteiger partial charge in [0.05, 0.1) is 6.33 Å². The van der Waals surface area contributed by atoms with E-state index in [4.69, 9.17) is 16.3 Å². The van der Waals surface area contributed by atoms with Crippen molar-refractivity contribution in [2.45, 2.75) is 69.2 Å². The highest BCUT2D eigenvalue weighted by atomic mass is 35.5. The van der Waals surface area contributed by atoms with Gasteiger partial charge >= 0.3 is 0 Å². The Kier molecular flexibility index (Phi) is 6.75. The first-order chi connectivity index (χ1) is 16.1. The lowest BCUT2D eigenvalue weighted by atomic mass is 9.95. The Hall–Kier alpha value is -2.30. The van der Waals surface area contributed by atoms with E-state index in [1.807, 2.05) is 24.3 Å². The molecule has 10 heteroatoms. The lowest BCUT2D eigenvalue weighted by Gasteiger charge is -2.25. The predicted octanol–water partition coefficient (Wildman–Crippen LogP) is 2.63. The first-order valence-electron chi connectivity index (χ1n) is 11.5. The van der Waals surface area contributed by atoms with Gasteiger partial charge in [0.25, 0.3) is 0 Å². The maximum Gasteiger partial charge on any atom is 0.167 e. The fraction of sp³-hybridized carbons (Fsp3) is 0.522. The molecule has 2 aliphatic rings. The zero-order chi connectivity index (χ0) is 22.8. The van der Waals surface area contributed by atoms with Crippen LogP contribution in [0.15, 0.2) is 36.9 Å². The van der Waals surface area contributed by atoms with Crippen LogP contribution in [0.4, 0.5) is 5.82 Å². The molecule has 5 rings (SSSR count). The molecule has 4 atom stereocenters. The van der Waals surface area contributed by atoms with Crippen molar-refractivity contribution in [1.82, 2.24) is 24.8 Å². The minimum Gasteiger partial charge on any atom is -0.387 e. The second-order valence-corrected chi connectivity index (χ2v) is 9.26. The van der Waals surface area contributed by atoms with Crippen LogP contribution in [0.2, 0.25) is 5.02 Å². The molecule has 4 N–H and O–H groups in total. The smallest absolute Gasteiger partial charge is 0.167 e. The van der Waals surface area contributed by atoms with Crippen molar-refractivity contribution in [3.05, 3.63) is 47.5 Å². The largest absolute Gasteiger partial charge is 0.387 e. The van der Waals surface area contributed by atoms with Crippen molar-refractivity contribution < 1.29 is 14.9 Å². The monoisotopic (exact) mass is 472 g/mol. The van der Waals surface area contributed by atoms with Gasteiger partial charge in [-0.05, 0) is 30.5 Å². The number of aliphatic hydroxyl groups excluding tert-OH is 2. The van der Waals surface area contributed by atoms with E-state index >= 15 is 0 Å². The summed E-state index contributed by atoms with van der Waals surface area (Å²) in [4.78, 5) is 13.1. The van der Waals surface area contributed by atoms with Crippen LogP contribution in [-0.2, 0) is 11.3 Å². The molecule has 0 amide bonds. The zero-order valence-electron chi connectivity index (χ0n) is 18.3. The number of ether oxygens (including phenoxy) is 1. The number of aliphatic hydroxyl groups is 2. The fourth-order valence-corrected chi connectivity index (χ4v) is 4.93. The topological polar surface area (TPSA) is 117 Å². The third-order valence-electron chi connectivity index (χ3n) is 6.53. The summed E-state index contributed by atoms with van der Waals surface area (Å²) < 4.78 is 7.74. The van der Waals surface area contributed by atoms with Crippen LogP contribution in [0.3, 0.4) is 0 Å². The molecule has 0 radical (unpaired) electrons. The molecule has 3 aromatic rings. The molecule has 0 bridgehead atoms. The first kappa shape index (κ1) is 22.5. The van der Waals surface area contributed by atoms with Crippen molar-refractivity contribution in [1.29, 1.82) is 0 Å². The van der Waals surface area contributed by atoms with E-state index in [1.54, 1.807) is 10.9 Å². The number of halogens is 1. The molecule has 0 spiro atoms. The normalized spacial score (nSPS) is 26.2. The number of imidazole rings is 1. The number of hydrogen-bond donors (Lipinski definition) is 4. The summed E-state index contributed by atoms with van der Waals surface area (Å²) in [6, 6.07) is 8.03. The molecule has 176 valence electrons. The summed E-state index contributed by atoms with van der Waals surface area (Å²) in [7, 11) is 0. The standard InChI is InChI=1S/C23H29ClN6O3/c24-15-6-4-5-14(9-15)10-26-21-18-22(28-12-27-21)30(13-29-18)23-20(32)19(31)17(33-23)11-25-16-7-2-1-3-8-16/h4-6,9,12-13,16-17,19-20,23,25,31-32H,1-3,7-8,10-11H2,(H,26,27,28)/t17-,19-,20-,23-/m1/s1. The average molecular weight is 473 g/mol. The molecule has 0 unspecified atom stereocenters. The summed E-state index contributed by atoms with van der Waals surface area (Å²) in [5, 5.41) is 28.8. The number of fused-ring (bicyclic) bond motifs is 1. The first-order valence-corrected chi connectivity index (χ1v) is 11.9. The molecule has 2 aromatic heterocycles. The molecule has 1 aliphatic carbocycles. The maximum absolute atomic E-state index is 10.7. The quantitative estimate of drug-likeness (QED) is 0.414. The van der Waals surface area contributed by atoms with Crippen molar-refractivity contribution >= 4 is 28.6 Å².